The van der Waals surface area contributed by atoms with Gasteiger partial charge in [-0.15, -0.1) is 0 Å². The van der Waals surface area contributed by atoms with E-state index in [1.807, 2.05) is 12.1 Å². The molecule has 2 N–H and O–H groups in total. The average molecular weight is 268 g/mol. The van der Waals surface area contributed by atoms with Gasteiger partial charge < -0.3 is 10.4 Å². The van der Waals surface area contributed by atoms with Crippen LogP contribution in [0.5, 0.6) is 5.75 Å². The number of aromatic hydroxyl groups is 1. The van der Waals surface area contributed by atoms with E-state index in [2.05, 4.69) is 12.2 Å². The molecule has 2 nitrogen and oxygen atoms in total. The summed E-state index contributed by atoms with van der Waals surface area (Å²) in [6.45, 7) is 2.97. The van der Waals surface area contributed by atoms with Crippen LogP contribution in [0, 0.1) is 5.92 Å². The van der Waals surface area contributed by atoms with Crippen molar-refractivity contribution in [2.45, 2.75) is 51.6 Å². The Labute approximate surface area is 114 Å². The second kappa shape index (κ2) is 6.44. The van der Waals surface area contributed by atoms with Crippen molar-refractivity contribution < 1.29 is 5.11 Å². The lowest BCUT2D eigenvalue weighted by molar-refractivity contribution is 0.253. The molecule has 1 aliphatic rings. The van der Waals surface area contributed by atoms with Crippen LogP contribution in [-0.4, -0.2) is 11.1 Å². The monoisotopic (exact) mass is 267 g/mol. The molecule has 2 atom stereocenters. The first-order chi connectivity index (χ1) is 8.72. The molecule has 3 heteroatoms. The normalized spacial score (nSPS) is 24.1. The molecule has 2 unspecified atom stereocenters. The minimum absolute atomic E-state index is 0.218. The van der Waals surface area contributed by atoms with Gasteiger partial charge in [-0.2, -0.15) is 0 Å². The van der Waals surface area contributed by atoms with Gasteiger partial charge in [-0.3, -0.25) is 0 Å². The maximum atomic E-state index is 9.88. The second-order valence-corrected chi connectivity index (χ2v) is 5.59. The van der Waals surface area contributed by atoms with Crippen LogP contribution >= 0.6 is 11.6 Å². The molecular weight excluding hydrogens is 246 g/mol. The number of phenolic OH excluding ortho intramolecular Hbond substituents is 1. The van der Waals surface area contributed by atoms with Gasteiger partial charge in [0.15, 0.2) is 0 Å². The third kappa shape index (κ3) is 3.18. The third-order valence-electron chi connectivity index (χ3n) is 4.06. The summed E-state index contributed by atoms with van der Waals surface area (Å²) in [6, 6.07) is 6.12. The fraction of sp³-hybridized carbons (Fsp3) is 0.600. The van der Waals surface area contributed by atoms with Crippen LogP contribution in [0.2, 0.25) is 5.02 Å². The molecule has 1 aromatic rings. The molecule has 1 saturated carbocycles. The first-order valence-corrected chi connectivity index (χ1v) is 7.30. The van der Waals surface area contributed by atoms with Gasteiger partial charge in [0.05, 0.1) is 5.02 Å². The Hall–Kier alpha value is -0.730. The van der Waals surface area contributed by atoms with Crippen molar-refractivity contribution in [1.82, 2.24) is 5.32 Å². The Morgan fingerprint density at radius 2 is 2.11 bits per heavy atom. The van der Waals surface area contributed by atoms with E-state index in [9.17, 15) is 5.11 Å². The Bertz CT molecular complexity index is 394. The van der Waals surface area contributed by atoms with Crippen LogP contribution in [0.1, 0.15) is 44.6 Å². The van der Waals surface area contributed by atoms with E-state index in [1.165, 1.54) is 32.1 Å². The van der Waals surface area contributed by atoms with Gasteiger partial charge in [-0.1, -0.05) is 49.9 Å². The molecule has 0 aromatic heterocycles. The number of nitrogens with one attached hydrogen (secondary N) is 1. The van der Waals surface area contributed by atoms with Crippen molar-refractivity contribution >= 4 is 11.6 Å². The summed E-state index contributed by atoms with van der Waals surface area (Å²) in [4.78, 5) is 0. The molecule has 100 valence electrons. The van der Waals surface area contributed by atoms with Gasteiger partial charge in [0, 0.05) is 18.2 Å². The molecule has 0 amide bonds. The fourth-order valence-electron chi connectivity index (χ4n) is 2.91. The van der Waals surface area contributed by atoms with Gasteiger partial charge in [-0.05, 0) is 24.8 Å². The molecule has 0 saturated heterocycles. The van der Waals surface area contributed by atoms with Crippen LogP contribution in [0.15, 0.2) is 18.2 Å². The predicted octanol–water partition coefficient (Wildman–Crippen LogP) is 4.10. The Kier molecular flexibility index (Phi) is 4.90. The number of halogens is 1. The standard InChI is InChI=1S/C15H22ClNO/c1-2-11-6-3-4-9-14(11)17-10-12-7-5-8-13(16)15(12)18/h5,7-8,11,14,17-18H,2-4,6,9-10H2,1H3. The summed E-state index contributed by atoms with van der Waals surface area (Å²) in [5.41, 5.74) is 0.892. The van der Waals surface area contributed by atoms with Crippen molar-refractivity contribution in [2.75, 3.05) is 0 Å². The summed E-state index contributed by atoms with van der Waals surface area (Å²) < 4.78 is 0. The molecule has 2 rings (SSSR count). The first kappa shape index (κ1) is 13.7. The molecule has 1 aliphatic carbocycles. The Morgan fingerprint density at radius 1 is 1.33 bits per heavy atom. The van der Waals surface area contributed by atoms with E-state index in [0.717, 1.165) is 11.5 Å². The zero-order valence-electron chi connectivity index (χ0n) is 11.0. The third-order valence-corrected chi connectivity index (χ3v) is 4.36. The molecule has 0 aliphatic heterocycles. The first-order valence-electron chi connectivity index (χ1n) is 6.92. The van der Waals surface area contributed by atoms with Crippen LogP contribution in [0.4, 0.5) is 0 Å². The number of hydrogen-bond donors (Lipinski definition) is 2. The van der Waals surface area contributed by atoms with Crippen LogP contribution in [-0.2, 0) is 6.54 Å². The zero-order valence-corrected chi connectivity index (χ0v) is 11.7. The second-order valence-electron chi connectivity index (χ2n) is 5.19. The maximum absolute atomic E-state index is 9.88. The lowest BCUT2D eigenvalue weighted by Crippen LogP contribution is -2.37. The Morgan fingerprint density at radius 3 is 2.89 bits per heavy atom. The smallest absolute Gasteiger partial charge is 0.138 e. The number of rotatable bonds is 4. The molecular formula is C15H22ClNO. The minimum atomic E-state index is 0.218. The summed E-state index contributed by atoms with van der Waals surface area (Å²) in [5, 5.41) is 13.9. The van der Waals surface area contributed by atoms with E-state index >= 15 is 0 Å². The van der Waals surface area contributed by atoms with Crippen molar-refractivity contribution in [1.29, 1.82) is 0 Å². The molecule has 0 spiro atoms. The zero-order chi connectivity index (χ0) is 13.0. The number of para-hydroxylation sites is 1. The Balaban J connectivity index is 1.96. The van der Waals surface area contributed by atoms with E-state index in [4.69, 9.17) is 11.6 Å². The maximum Gasteiger partial charge on any atom is 0.138 e. The van der Waals surface area contributed by atoms with E-state index < -0.39 is 0 Å². The van der Waals surface area contributed by atoms with Crippen LogP contribution < -0.4 is 5.32 Å². The minimum Gasteiger partial charge on any atom is -0.506 e. The average Bonchev–Trinajstić information content (AvgIpc) is 2.41. The van der Waals surface area contributed by atoms with Crippen LogP contribution in [0.3, 0.4) is 0 Å². The van der Waals surface area contributed by atoms with Gasteiger partial charge in [0.2, 0.25) is 0 Å². The van der Waals surface area contributed by atoms with Crippen molar-refractivity contribution in [3.8, 4) is 5.75 Å². The molecule has 0 radical (unpaired) electrons. The molecule has 1 fully saturated rings. The number of benzene rings is 1. The SMILES string of the molecule is CCC1CCCCC1NCc1cccc(Cl)c1O. The highest BCUT2D eigenvalue weighted by Crippen LogP contribution is 2.29. The van der Waals surface area contributed by atoms with Gasteiger partial charge in [0.1, 0.15) is 5.75 Å². The molecule has 0 bridgehead atoms. The van der Waals surface area contributed by atoms with Crippen molar-refractivity contribution in [3.63, 3.8) is 0 Å². The van der Waals surface area contributed by atoms with Gasteiger partial charge >= 0.3 is 0 Å². The van der Waals surface area contributed by atoms with Gasteiger partial charge in [-0.25, -0.2) is 0 Å². The number of hydrogen-bond acceptors (Lipinski definition) is 2. The van der Waals surface area contributed by atoms with Gasteiger partial charge in [0.25, 0.3) is 0 Å². The van der Waals surface area contributed by atoms with E-state index in [-0.39, 0.29) is 5.75 Å². The molecule has 0 heterocycles. The predicted molar refractivity (Wildman–Crippen MR) is 76.0 cm³/mol. The van der Waals surface area contributed by atoms with Crippen molar-refractivity contribution in [3.05, 3.63) is 28.8 Å². The summed E-state index contributed by atoms with van der Waals surface area (Å²) >= 11 is 5.91. The summed E-state index contributed by atoms with van der Waals surface area (Å²) in [7, 11) is 0. The largest absolute Gasteiger partial charge is 0.506 e. The van der Waals surface area contributed by atoms with Crippen LogP contribution in [0.25, 0.3) is 0 Å². The summed E-state index contributed by atoms with van der Waals surface area (Å²) in [6.07, 6.45) is 6.49. The topological polar surface area (TPSA) is 32.3 Å². The summed E-state index contributed by atoms with van der Waals surface area (Å²) in [5.74, 6) is 0.996. The highest BCUT2D eigenvalue weighted by Gasteiger charge is 2.23. The molecule has 18 heavy (non-hydrogen) atoms. The molecule has 1 aromatic carbocycles. The lowest BCUT2D eigenvalue weighted by atomic mass is 9.83. The van der Waals surface area contributed by atoms with E-state index in [1.54, 1.807) is 6.07 Å². The lowest BCUT2D eigenvalue weighted by Gasteiger charge is -2.31. The highest BCUT2D eigenvalue weighted by atomic mass is 35.5. The quantitative estimate of drug-likeness (QED) is 0.861. The van der Waals surface area contributed by atoms with E-state index in [0.29, 0.717) is 17.6 Å². The van der Waals surface area contributed by atoms with Crippen molar-refractivity contribution in [2.24, 2.45) is 5.92 Å². The fourth-order valence-corrected chi connectivity index (χ4v) is 3.10. The highest BCUT2D eigenvalue weighted by molar-refractivity contribution is 6.32. The number of phenols is 1.